The van der Waals surface area contributed by atoms with Crippen LogP contribution >= 0.6 is 0 Å². The number of benzene rings is 1. The molecule has 0 aromatic heterocycles. The molecule has 1 rings (SSSR count). The maximum Gasteiger partial charge on any atom is 0.379 e. The van der Waals surface area contributed by atoms with E-state index in [9.17, 15) is 14.7 Å². The molecule has 0 heterocycles. The fourth-order valence-corrected chi connectivity index (χ4v) is 1.45. The number of ether oxygens (including phenoxy) is 1. The second-order valence-corrected chi connectivity index (χ2v) is 5.21. The lowest BCUT2D eigenvalue weighted by Gasteiger charge is -2.18. The molecule has 0 atom stereocenters. The van der Waals surface area contributed by atoms with Crippen LogP contribution in [-0.4, -0.2) is 22.5 Å². The first-order valence-electron chi connectivity index (χ1n) is 5.94. The van der Waals surface area contributed by atoms with E-state index in [0.29, 0.717) is 5.56 Å². The van der Waals surface area contributed by atoms with Crippen molar-refractivity contribution in [1.82, 2.24) is 0 Å². The number of aryl methyl sites for hydroxylation is 1. The molecule has 4 nitrogen and oxygen atoms in total. The summed E-state index contributed by atoms with van der Waals surface area (Å²) in [6, 6.07) is 7.03. The topological polar surface area (TPSA) is 63.6 Å². The van der Waals surface area contributed by atoms with Crippen LogP contribution in [0.2, 0.25) is 0 Å². The highest BCUT2D eigenvalue weighted by Gasteiger charge is 2.22. The molecule has 19 heavy (non-hydrogen) atoms. The molecular weight excluding hydrogens is 244 g/mol. The number of esters is 1. The second-order valence-electron chi connectivity index (χ2n) is 5.21. The number of rotatable bonds is 3. The third kappa shape index (κ3) is 4.58. The minimum Gasteiger partial charge on any atom is -0.507 e. The Morgan fingerprint density at radius 3 is 2.32 bits per heavy atom. The van der Waals surface area contributed by atoms with E-state index in [-0.39, 0.29) is 5.76 Å². The van der Waals surface area contributed by atoms with Crippen molar-refractivity contribution < 1.29 is 19.4 Å². The molecule has 0 aliphatic heterocycles. The minimum atomic E-state index is -0.979. The summed E-state index contributed by atoms with van der Waals surface area (Å²) in [4.78, 5) is 23.1. The van der Waals surface area contributed by atoms with Gasteiger partial charge in [-0.1, -0.05) is 24.3 Å². The van der Waals surface area contributed by atoms with Crippen LogP contribution in [0.25, 0.3) is 5.76 Å². The Morgan fingerprint density at radius 1 is 1.21 bits per heavy atom. The van der Waals surface area contributed by atoms with Gasteiger partial charge in [-0.15, -0.1) is 0 Å². The van der Waals surface area contributed by atoms with Crippen molar-refractivity contribution in [3.05, 3.63) is 41.5 Å². The van der Waals surface area contributed by atoms with Crippen molar-refractivity contribution in [1.29, 1.82) is 0 Å². The Morgan fingerprint density at radius 2 is 1.79 bits per heavy atom. The number of aliphatic hydroxyl groups is 1. The van der Waals surface area contributed by atoms with E-state index in [1.807, 2.05) is 6.07 Å². The van der Waals surface area contributed by atoms with Gasteiger partial charge in [0.2, 0.25) is 0 Å². The third-order valence-electron chi connectivity index (χ3n) is 2.29. The van der Waals surface area contributed by atoms with E-state index >= 15 is 0 Å². The van der Waals surface area contributed by atoms with Gasteiger partial charge in [-0.05, 0) is 33.3 Å². The fraction of sp³-hybridized carbons (Fsp3) is 0.333. The summed E-state index contributed by atoms with van der Waals surface area (Å²) in [6.07, 6.45) is 0.885. The average molecular weight is 262 g/mol. The van der Waals surface area contributed by atoms with Crippen LogP contribution in [0.15, 0.2) is 30.3 Å². The number of aliphatic hydroxyl groups excluding tert-OH is 1. The second kappa shape index (κ2) is 5.69. The van der Waals surface area contributed by atoms with Crippen LogP contribution in [-0.2, 0) is 14.3 Å². The average Bonchev–Trinajstić information content (AvgIpc) is 2.27. The highest BCUT2D eigenvalue weighted by molar-refractivity contribution is 6.39. The summed E-state index contributed by atoms with van der Waals surface area (Å²) >= 11 is 0. The van der Waals surface area contributed by atoms with E-state index < -0.39 is 17.4 Å². The monoisotopic (exact) mass is 262 g/mol. The molecule has 0 fully saturated rings. The Hall–Kier alpha value is -2.10. The van der Waals surface area contributed by atoms with Crippen molar-refractivity contribution in [3.63, 3.8) is 0 Å². The maximum atomic E-state index is 11.6. The first kappa shape index (κ1) is 15.0. The lowest BCUT2D eigenvalue weighted by atomic mass is 10.1. The maximum absolute atomic E-state index is 11.6. The van der Waals surface area contributed by atoms with Crippen LogP contribution in [0.5, 0.6) is 0 Å². The Kier molecular flexibility index (Phi) is 4.48. The molecule has 0 saturated carbocycles. The standard InChI is InChI=1S/C15H18O4/c1-10-7-5-6-8-11(10)12(16)9-13(17)14(18)19-15(2,3)4/h5-9,16H,1-4H3/b12-9-. The molecule has 1 N–H and O–H groups in total. The van der Waals surface area contributed by atoms with Gasteiger partial charge in [0, 0.05) is 11.6 Å². The van der Waals surface area contributed by atoms with Crippen LogP contribution in [0.1, 0.15) is 31.9 Å². The molecule has 0 saturated heterocycles. The zero-order valence-corrected chi connectivity index (χ0v) is 11.6. The predicted molar refractivity (Wildman–Crippen MR) is 72.6 cm³/mol. The van der Waals surface area contributed by atoms with E-state index in [4.69, 9.17) is 4.74 Å². The van der Waals surface area contributed by atoms with Crippen LogP contribution in [0.3, 0.4) is 0 Å². The van der Waals surface area contributed by atoms with Gasteiger partial charge < -0.3 is 9.84 Å². The summed E-state index contributed by atoms with van der Waals surface area (Å²) in [5.74, 6) is -2.10. The first-order valence-corrected chi connectivity index (χ1v) is 5.94. The zero-order valence-electron chi connectivity index (χ0n) is 11.6. The zero-order chi connectivity index (χ0) is 14.6. The highest BCUT2D eigenvalue weighted by atomic mass is 16.6. The molecule has 0 amide bonds. The Bertz CT molecular complexity index is 521. The molecule has 0 spiro atoms. The quantitative estimate of drug-likeness (QED) is 0.394. The summed E-state index contributed by atoms with van der Waals surface area (Å²) in [5, 5.41) is 9.85. The molecule has 0 unspecified atom stereocenters. The normalized spacial score (nSPS) is 12.1. The van der Waals surface area contributed by atoms with Gasteiger partial charge >= 0.3 is 5.97 Å². The summed E-state index contributed by atoms with van der Waals surface area (Å²) in [6.45, 7) is 6.81. The fourth-order valence-electron chi connectivity index (χ4n) is 1.45. The number of carbonyl (C=O) groups excluding carboxylic acids is 2. The predicted octanol–water partition coefficient (Wildman–Crippen LogP) is 2.80. The lowest BCUT2D eigenvalue weighted by molar-refractivity contribution is -0.160. The third-order valence-corrected chi connectivity index (χ3v) is 2.29. The van der Waals surface area contributed by atoms with E-state index in [1.165, 1.54) is 0 Å². The smallest absolute Gasteiger partial charge is 0.379 e. The Labute approximate surface area is 112 Å². The summed E-state index contributed by atoms with van der Waals surface area (Å²) in [7, 11) is 0. The first-order chi connectivity index (χ1) is 8.70. The number of hydrogen-bond acceptors (Lipinski definition) is 4. The molecule has 1 aromatic carbocycles. The van der Waals surface area contributed by atoms with Crippen molar-refractivity contribution >= 4 is 17.5 Å². The molecule has 4 heteroatoms. The summed E-state index contributed by atoms with van der Waals surface area (Å²) < 4.78 is 4.92. The van der Waals surface area contributed by atoms with Gasteiger partial charge in [0.25, 0.3) is 5.78 Å². The molecule has 102 valence electrons. The lowest BCUT2D eigenvalue weighted by Crippen LogP contribution is -2.28. The molecule has 1 aromatic rings. The van der Waals surface area contributed by atoms with Gasteiger partial charge in [0.15, 0.2) is 0 Å². The Balaban J connectivity index is 2.88. The van der Waals surface area contributed by atoms with Crippen LogP contribution in [0, 0.1) is 6.92 Å². The van der Waals surface area contributed by atoms with Crippen molar-refractivity contribution in [2.24, 2.45) is 0 Å². The molecule has 0 bridgehead atoms. The van der Waals surface area contributed by atoms with E-state index in [1.54, 1.807) is 45.9 Å². The molecule has 0 radical (unpaired) electrons. The largest absolute Gasteiger partial charge is 0.507 e. The van der Waals surface area contributed by atoms with E-state index in [0.717, 1.165) is 11.6 Å². The SMILES string of the molecule is Cc1ccccc1/C(O)=C/C(=O)C(=O)OC(C)(C)C. The van der Waals surface area contributed by atoms with Gasteiger partial charge in [0.1, 0.15) is 11.4 Å². The molecular formula is C15H18O4. The van der Waals surface area contributed by atoms with Gasteiger partial charge in [-0.2, -0.15) is 0 Å². The molecule has 0 aliphatic carbocycles. The van der Waals surface area contributed by atoms with Crippen LogP contribution < -0.4 is 0 Å². The van der Waals surface area contributed by atoms with Crippen molar-refractivity contribution in [2.75, 3.05) is 0 Å². The number of carbonyl (C=O) groups is 2. The highest BCUT2D eigenvalue weighted by Crippen LogP contribution is 2.16. The van der Waals surface area contributed by atoms with Gasteiger partial charge in [-0.25, -0.2) is 4.79 Å². The summed E-state index contributed by atoms with van der Waals surface area (Å²) in [5.41, 5.74) is 0.589. The number of ketones is 1. The van der Waals surface area contributed by atoms with Gasteiger partial charge in [-0.3, -0.25) is 4.79 Å². The van der Waals surface area contributed by atoms with Crippen LogP contribution in [0.4, 0.5) is 0 Å². The van der Waals surface area contributed by atoms with E-state index in [2.05, 4.69) is 0 Å². The van der Waals surface area contributed by atoms with Crippen molar-refractivity contribution in [3.8, 4) is 0 Å². The van der Waals surface area contributed by atoms with Crippen molar-refractivity contribution in [2.45, 2.75) is 33.3 Å². The minimum absolute atomic E-state index is 0.242. The number of hydrogen-bond donors (Lipinski definition) is 1. The molecule has 0 aliphatic rings. The van der Waals surface area contributed by atoms with Gasteiger partial charge in [0.05, 0.1) is 0 Å².